The lowest BCUT2D eigenvalue weighted by atomic mass is 10.3. The van der Waals surface area contributed by atoms with E-state index < -0.39 is 0 Å². The highest BCUT2D eigenvalue weighted by Gasteiger charge is 2.30. The highest BCUT2D eigenvalue weighted by atomic mass is 16.5. The summed E-state index contributed by atoms with van der Waals surface area (Å²) in [4.78, 5) is 40.1. The van der Waals surface area contributed by atoms with Gasteiger partial charge in [0.05, 0.1) is 12.1 Å². The van der Waals surface area contributed by atoms with Crippen LogP contribution in [0.2, 0.25) is 0 Å². The number of likely N-dealkylation sites (tertiary alicyclic amines) is 1. The zero-order chi connectivity index (χ0) is 21.4. The van der Waals surface area contributed by atoms with Crippen molar-refractivity contribution in [1.82, 2.24) is 39.4 Å². The van der Waals surface area contributed by atoms with Crippen molar-refractivity contribution in [3.8, 4) is 17.3 Å². The molecule has 4 aromatic rings. The van der Waals surface area contributed by atoms with E-state index in [1.54, 1.807) is 17.3 Å². The van der Waals surface area contributed by atoms with Crippen molar-refractivity contribution < 1.29 is 13.9 Å². The van der Waals surface area contributed by atoms with E-state index in [9.17, 15) is 4.79 Å². The fraction of sp³-hybridized carbons (Fsp3) is 0.350. The minimum atomic E-state index is -0.202. The maximum atomic E-state index is 12.5. The molecule has 1 amide bonds. The van der Waals surface area contributed by atoms with Crippen molar-refractivity contribution in [1.29, 1.82) is 0 Å². The third kappa shape index (κ3) is 3.47. The largest absolute Gasteiger partial charge is 0.471 e. The molecule has 31 heavy (non-hydrogen) atoms. The van der Waals surface area contributed by atoms with Gasteiger partial charge < -0.3 is 18.6 Å². The molecule has 1 saturated heterocycles. The Balaban J connectivity index is 1.42. The van der Waals surface area contributed by atoms with Gasteiger partial charge in [-0.25, -0.2) is 24.9 Å². The molecule has 0 aromatic carbocycles. The zero-order valence-corrected chi connectivity index (χ0v) is 17.1. The first-order valence-corrected chi connectivity index (χ1v) is 9.98. The zero-order valence-electron chi connectivity index (χ0n) is 17.1. The third-order valence-corrected chi connectivity index (χ3v) is 5.22. The molecular weight excluding hydrogens is 400 g/mol. The van der Waals surface area contributed by atoms with Crippen molar-refractivity contribution in [2.45, 2.75) is 32.9 Å². The monoisotopic (exact) mass is 420 g/mol. The molecule has 0 radical (unpaired) electrons. The van der Waals surface area contributed by atoms with E-state index in [1.165, 1.54) is 19.0 Å². The lowest BCUT2D eigenvalue weighted by Gasteiger charge is -2.15. The van der Waals surface area contributed by atoms with Gasteiger partial charge in [0, 0.05) is 31.9 Å². The van der Waals surface area contributed by atoms with Crippen molar-refractivity contribution >= 4 is 17.1 Å². The summed E-state index contributed by atoms with van der Waals surface area (Å²) in [6, 6.07) is 0. The minimum absolute atomic E-state index is 0.176. The van der Waals surface area contributed by atoms with Gasteiger partial charge >= 0.3 is 0 Å². The molecule has 1 unspecified atom stereocenters. The molecule has 1 atom stereocenters. The normalized spacial score (nSPS) is 16.2. The average molecular weight is 420 g/mol. The number of amides is 1. The standard InChI is InChI=1S/C20H20N8O3/c1-3-28-17(13-6-21-12(2)22-7-13)26-16-18(28)23-10-24-19(16)31-14-4-5-27(8-14)20(29)15-9-30-11-25-15/h6-7,9-11,14H,3-5,8H2,1-2H3. The molecule has 0 spiro atoms. The lowest BCUT2D eigenvalue weighted by molar-refractivity contribution is 0.0766. The van der Waals surface area contributed by atoms with Gasteiger partial charge in [-0.1, -0.05) is 0 Å². The summed E-state index contributed by atoms with van der Waals surface area (Å²) in [5.74, 6) is 1.62. The second kappa shape index (κ2) is 7.74. The number of aryl methyl sites for hydroxylation is 2. The summed E-state index contributed by atoms with van der Waals surface area (Å²) < 4.78 is 13.0. The molecule has 11 heteroatoms. The fourth-order valence-corrected chi connectivity index (χ4v) is 3.68. The number of rotatable bonds is 5. The summed E-state index contributed by atoms with van der Waals surface area (Å²) in [5.41, 5.74) is 2.33. The molecule has 0 N–H and O–H groups in total. The average Bonchev–Trinajstić information content (AvgIpc) is 3.54. The molecule has 0 bridgehead atoms. The maximum absolute atomic E-state index is 12.5. The van der Waals surface area contributed by atoms with E-state index >= 15 is 0 Å². The van der Waals surface area contributed by atoms with Crippen molar-refractivity contribution in [3.05, 3.63) is 42.9 Å². The first kappa shape index (κ1) is 19.1. The second-order valence-corrected chi connectivity index (χ2v) is 7.20. The Kier molecular flexibility index (Phi) is 4.77. The van der Waals surface area contributed by atoms with Gasteiger partial charge in [-0.15, -0.1) is 0 Å². The summed E-state index contributed by atoms with van der Waals surface area (Å²) in [6.07, 6.45) is 8.03. The molecule has 158 valence electrons. The first-order valence-electron chi connectivity index (χ1n) is 9.98. The molecule has 1 aliphatic heterocycles. The predicted octanol–water partition coefficient (Wildman–Crippen LogP) is 1.89. The van der Waals surface area contributed by atoms with Crippen LogP contribution in [-0.4, -0.2) is 64.5 Å². The Bertz CT molecular complexity index is 1220. The van der Waals surface area contributed by atoms with Crippen LogP contribution in [0.1, 0.15) is 29.7 Å². The van der Waals surface area contributed by atoms with Crippen molar-refractivity contribution in [2.75, 3.05) is 13.1 Å². The number of hydrogen-bond donors (Lipinski definition) is 0. The van der Waals surface area contributed by atoms with Gasteiger partial charge in [-0.2, -0.15) is 4.98 Å². The van der Waals surface area contributed by atoms with Crippen LogP contribution in [0.15, 0.2) is 35.8 Å². The van der Waals surface area contributed by atoms with Gasteiger partial charge in [-0.05, 0) is 13.8 Å². The number of carbonyl (C=O) groups is 1. The summed E-state index contributed by atoms with van der Waals surface area (Å²) in [7, 11) is 0. The second-order valence-electron chi connectivity index (χ2n) is 7.20. The minimum Gasteiger partial charge on any atom is -0.471 e. The number of imidazole rings is 1. The van der Waals surface area contributed by atoms with Gasteiger partial charge in [0.15, 0.2) is 23.3 Å². The highest BCUT2D eigenvalue weighted by Crippen LogP contribution is 2.29. The van der Waals surface area contributed by atoms with E-state index in [2.05, 4.69) is 24.9 Å². The Morgan fingerprint density at radius 3 is 2.81 bits per heavy atom. The van der Waals surface area contributed by atoms with E-state index in [1.807, 2.05) is 18.4 Å². The van der Waals surface area contributed by atoms with Crippen LogP contribution < -0.4 is 4.74 Å². The predicted molar refractivity (Wildman–Crippen MR) is 108 cm³/mol. The fourth-order valence-electron chi connectivity index (χ4n) is 3.68. The lowest BCUT2D eigenvalue weighted by Crippen LogP contribution is -2.31. The summed E-state index contributed by atoms with van der Waals surface area (Å²) in [5, 5.41) is 0. The Hall–Kier alpha value is -3.89. The molecule has 0 aliphatic carbocycles. The molecule has 0 saturated carbocycles. The van der Waals surface area contributed by atoms with Crippen LogP contribution in [0.4, 0.5) is 0 Å². The van der Waals surface area contributed by atoms with Crippen molar-refractivity contribution in [2.24, 2.45) is 0 Å². The number of nitrogens with zero attached hydrogens (tertiary/aromatic N) is 8. The van der Waals surface area contributed by atoms with Crippen LogP contribution in [0.25, 0.3) is 22.6 Å². The Morgan fingerprint density at radius 1 is 1.23 bits per heavy atom. The summed E-state index contributed by atoms with van der Waals surface area (Å²) in [6.45, 7) is 5.53. The van der Waals surface area contributed by atoms with Gasteiger partial charge in [0.2, 0.25) is 5.88 Å². The third-order valence-electron chi connectivity index (χ3n) is 5.22. The van der Waals surface area contributed by atoms with Crippen LogP contribution >= 0.6 is 0 Å². The van der Waals surface area contributed by atoms with Gasteiger partial charge in [-0.3, -0.25) is 4.79 Å². The van der Waals surface area contributed by atoms with Gasteiger partial charge in [0.25, 0.3) is 5.91 Å². The van der Waals surface area contributed by atoms with Crippen LogP contribution in [0.3, 0.4) is 0 Å². The number of carbonyl (C=O) groups excluding carboxylic acids is 1. The molecular formula is C20H20N8O3. The topological polar surface area (TPSA) is 125 Å². The molecule has 5 rings (SSSR count). The molecule has 1 aliphatic rings. The SMILES string of the molecule is CCn1c(-c2cnc(C)nc2)nc2c(OC3CCN(C(=O)c4cocn4)C3)ncnc21. The van der Waals surface area contributed by atoms with Crippen LogP contribution in [0, 0.1) is 6.92 Å². The van der Waals surface area contributed by atoms with E-state index in [0.29, 0.717) is 54.7 Å². The van der Waals surface area contributed by atoms with Gasteiger partial charge in [0.1, 0.15) is 30.3 Å². The number of oxazole rings is 1. The number of aromatic nitrogens is 7. The van der Waals surface area contributed by atoms with E-state index in [-0.39, 0.29) is 17.7 Å². The highest BCUT2D eigenvalue weighted by molar-refractivity contribution is 5.92. The van der Waals surface area contributed by atoms with E-state index in [0.717, 1.165) is 5.56 Å². The smallest absolute Gasteiger partial charge is 0.275 e. The maximum Gasteiger partial charge on any atom is 0.275 e. The number of fused-ring (bicyclic) bond motifs is 1. The number of ether oxygens (including phenoxy) is 1. The molecule has 4 aromatic heterocycles. The molecule has 11 nitrogen and oxygen atoms in total. The molecule has 5 heterocycles. The van der Waals surface area contributed by atoms with E-state index in [4.69, 9.17) is 14.1 Å². The quantitative estimate of drug-likeness (QED) is 0.476. The van der Waals surface area contributed by atoms with Crippen LogP contribution in [-0.2, 0) is 6.54 Å². The van der Waals surface area contributed by atoms with Crippen molar-refractivity contribution in [3.63, 3.8) is 0 Å². The first-order chi connectivity index (χ1) is 15.1. The Labute approximate surface area is 177 Å². The Morgan fingerprint density at radius 2 is 2.06 bits per heavy atom. The van der Waals surface area contributed by atoms with Crippen LogP contribution in [0.5, 0.6) is 5.88 Å². The number of hydrogen-bond acceptors (Lipinski definition) is 9. The molecule has 1 fully saturated rings. The summed E-state index contributed by atoms with van der Waals surface area (Å²) >= 11 is 0.